The third kappa shape index (κ3) is 4.04. The SMILES string of the molecule is CC(N)Cc1ccc(Br)cc1Oc1cc(Br)ccc1F. The Hall–Kier alpha value is -0.910. The molecule has 0 amide bonds. The van der Waals surface area contributed by atoms with Gasteiger partial charge in [-0.25, -0.2) is 4.39 Å². The van der Waals surface area contributed by atoms with Crippen LogP contribution in [0.25, 0.3) is 0 Å². The molecule has 0 fully saturated rings. The van der Waals surface area contributed by atoms with E-state index in [1.807, 2.05) is 25.1 Å². The predicted molar refractivity (Wildman–Crippen MR) is 85.7 cm³/mol. The number of hydrogen-bond acceptors (Lipinski definition) is 2. The molecule has 1 unspecified atom stereocenters. The van der Waals surface area contributed by atoms with Crippen LogP contribution in [-0.2, 0) is 6.42 Å². The van der Waals surface area contributed by atoms with Crippen molar-refractivity contribution in [3.05, 3.63) is 56.7 Å². The summed E-state index contributed by atoms with van der Waals surface area (Å²) in [5.41, 5.74) is 6.78. The van der Waals surface area contributed by atoms with E-state index in [1.165, 1.54) is 6.07 Å². The minimum Gasteiger partial charge on any atom is -0.454 e. The van der Waals surface area contributed by atoms with E-state index < -0.39 is 5.82 Å². The lowest BCUT2D eigenvalue weighted by Gasteiger charge is -2.14. The van der Waals surface area contributed by atoms with Crippen molar-refractivity contribution in [2.45, 2.75) is 19.4 Å². The van der Waals surface area contributed by atoms with E-state index in [0.717, 1.165) is 14.5 Å². The van der Waals surface area contributed by atoms with Crippen LogP contribution in [0.2, 0.25) is 0 Å². The normalized spacial score (nSPS) is 12.2. The largest absolute Gasteiger partial charge is 0.454 e. The van der Waals surface area contributed by atoms with Crippen molar-refractivity contribution in [3.8, 4) is 11.5 Å². The smallest absolute Gasteiger partial charge is 0.165 e. The third-order valence-corrected chi connectivity index (χ3v) is 3.67. The zero-order valence-corrected chi connectivity index (χ0v) is 14.0. The number of rotatable bonds is 4. The van der Waals surface area contributed by atoms with Crippen molar-refractivity contribution in [3.63, 3.8) is 0 Å². The number of benzene rings is 2. The number of nitrogens with two attached hydrogens (primary N) is 1. The topological polar surface area (TPSA) is 35.2 Å². The highest BCUT2D eigenvalue weighted by atomic mass is 79.9. The number of halogens is 3. The summed E-state index contributed by atoms with van der Waals surface area (Å²) in [5.74, 6) is 0.386. The Morgan fingerprint density at radius 2 is 1.70 bits per heavy atom. The highest BCUT2D eigenvalue weighted by molar-refractivity contribution is 9.10. The lowest BCUT2D eigenvalue weighted by atomic mass is 10.1. The molecule has 5 heteroatoms. The molecule has 0 aliphatic carbocycles. The zero-order chi connectivity index (χ0) is 14.7. The van der Waals surface area contributed by atoms with E-state index in [9.17, 15) is 4.39 Å². The molecule has 0 spiro atoms. The lowest BCUT2D eigenvalue weighted by molar-refractivity contribution is 0.436. The molecule has 0 aliphatic rings. The molecule has 2 N–H and O–H groups in total. The molecule has 0 heterocycles. The molecule has 0 aromatic heterocycles. The van der Waals surface area contributed by atoms with Gasteiger partial charge in [-0.3, -0.25) is 0 Å². The fourth-order valence-electron chi connectivity index (χ4n) is 1.81. The Labute approximate surface area is 134 Å². The van der Waals surface area contributed by atoms with Crippen LogP contribution in [0, 0.1) is 5.82 Å². The Balaban J connectivity index is 2.36. The van der Waals surface area contributed by atoms with Gasteiger partial charge in [0.25, 0.3) is 0 Å². The summed E-state index contributed by atoms with van der Waals surface area (Å²) in [4.78, 5) is 0. The fourth-order valence-corrected chi connectivity index (χ4v) is 2.49. The maximum atomic E-state index is 13.8. The minimum absolute atomic E-state index is 0.00545. The monoisotopic (exact) mass is 401 g/mol. The van der Waals surface area contributed by atoms with Gasteiger partial charge in [-0.2, -0.15) is 0 Å². The molecule has 2 nitrogen and oxygen atoms in total. The van der Waals surface area contributed by atoms with Gasteiger partial charge >= 0.3 is 0 Å². The van der Waals surface area contributed by atoms with E-state index in [2.05, 4.69) is 31.9 Å². The summed E-state index contributed by atoms with van der Waals surface area (Å²) in [7, 11) is 0. The third-order valence-electron chi connectivity index (χ3n) is 2.68. The van der Waals surface area contributed by atoms with Gasteiger partial charge in [0.15, 0.2) is 11.6 Å². The molecule has 0 aliphatic heterocycles. The molecule has 0 saturated carbocycles. The van der Waals surface area contributed by atoms with Crippen LogP contribution < -0.4 is 10.5 Å². The van der Waals surface area contributed by atoms with Gasteiger partial charge in [-0.05, 0) is 49.2 Å². The molecule has 2 rings (SSSR count). The van der Waals surface area contributed by atoms with Gasteiger partial charge in [0.1, 0.15) is 5.75 Å². The summed E-state index contributed by atoms with van der Waals surface area (Å²) in [5, 5.41) is 0. The van der Waals surface area contributed by atoms with Crippen LogP contribution in [-0.4, -0.2) is 6.04 Å². The van der Waals surface area contributed by atoms with Crippen molar-refractivity contribution < 1.29 is 9.13 Å². The van der Waals surface area contributed by atoms with Crippen LogP contribution in [0.1, 0.15) is 12.5 Å². The van der Waals surface area contributed by atoms with Gasteiger partial charge in [-0.15, -0.1) is 0 Å². The Morgan fingerprint density at radius 3 is 2.35 bits per heavy atom. The molecule has 0 radical (unpaired) electrons. The Kier molecular flexibility index (Phi) is 5.18. The van der Waals surface area contributed by atoms with Crippen molar-refractivity contribution in [1.29, 1.82) is 0 Å². The van der Waals surface area contributed by atoms with Gasteiger partial charge < -0.3 is 10.5 Å². The van der Waals surface area contributed by atoms with E-state index in [1.54, 1.807) is 12.1 Å². The van der Waals surface area contributed by atoms with Gasteiger partial charge in [0.05, 0.1) is 0 Å². The van der Waals surface area contributed by atoms with E-state index in [4.69, 9.17) is 10.5 Å². The van der Waals surface area contributed by atoms with Crippen LogP contribution in [0.4, 0.5) is 4.39 Å². The van der Waals surface area contributed by atoms with Crippen LogP contribution in [0.15, 0.2) is 45.3 Å². The first-order valence-electron chi connectivity index (χ1n) is 6.12. The van der Waals surface area contributed by atoms with E-state index in [-0.39, 0.29) is 11.8 Å². The van der Waals surface area contributed by atoms with Crippen molar-refractivity contribution in [2.75, 3.05) is 0 Å². The first-order valence-corrected chi connectivity index (χ1v) is 7.71. The van der Waals surface area contributed by atoms with Gasteiger partial charge in [0, 0.05) is 15.0 Å². The average Bonchev–Trinajstić information content (AvgIpc) is 2.37. The summed E-state index contributed by atoms with van der Waals surface area (Å²) >= 11 is 6.70. The van der Waals surface area contributed by atoms with Crippen LogP contribution in [0.3, 0.4) is 0 Å². The minimum atomic E-state index is -0.403. The highest BCUT2D eigenvalue weighted by Gasteiger charge is 2.11. The van der Waals surface area contributed by atoms with Gasteiger partial charge in [-0.1, -0.05) is 37.9 Å². The first kappa shape index (κ1) is 15.5. The molecule has 2 aromatic rings. The Morgan fingerprint density at radius 1 is 1.10 bits per heavy atom. The lowest BCUT2D eigenvalue weighted by Crippen LogP contribution is -2.18. The maximum absolute atomic E-state index is 13.8. The first-order chi connectivity index (χ1) is 9.45. The molecule has 0 saturated heterocycles. The number of hydrogen-bond donors (Lipinski definition) is 1. The molecule has 2 aromatic carbocycles. The number of ether oxygens (including phenoxy) is 1. The van der Waals surface area contributed by atoms with E-state index >= 15 is 0 Å². The molecular weight excluding hydrogens is 389 g/mol. The van der Waals surface area contributed by atoms with Gasteiger partial charge in [0.2, 0.25) is 0 Å². The molecular formula is C15H14Br2FNO. The highest BCUT2D eigenvalue weighted by Crippen LogP contribution is 2.32. The summed E-state index contributed by atoms with van der Waals surface area (Å²) in [6, 6.07) is 10.3. The van der Waals surface area contributed by atoms with Crippen molar-refractivity contribution in [2.24, 2.45) is 5.73 Å². The molecule has 0 bridgehead atoms. The summed E-state index contributed by atoms with van der Waals surface area (Å²) in [6.45, 7) is 1.92. The predicted octanol–water partition coefficient (Wildman–Crippen LogP) is 5.03. The fraction of sp³-hybridized carbons (Fsp3) is 0.200. The van der Waals surface area contributed by atoms with Crippen LogP contribution in [0.5, 0.6) is 11.5 Å². The second-order valence-corrected chi connectivity index (χ2v) is 6.44. The summed E-state index contributed by atoms with van der Waals surface area (Å²) < 4.78 is 21.1. The summed E-state index contributed by atoms with van der Waals surface area (Å²) in [6.07, 6.45) is 0.665. The Bertz CT molecular complexity index is 617. The maximum Gasteiger partial charge on any atom is 0.165 e. The second-order valence-electron chi connectivity index (χ2n) is 4.61. The van der Waals surface area contributed by atoms with Crippen molar-refractivity contribution >= 4 is 31.9 Å². The molecule has 1 atom stereocenters. The van der Waals surface area contributed by atoms with E-state index in [0.29, 0.717) is 12.2 Å². The average molecular weight is 403 g/mol. The molecule has 106 valence electrons. The zero-order valence-electron chi connectivity index (χ0n) is 10.9. The second kappa shape index (κ2) is 6.70. The molecule has 20 heavy (non-hydrogen) atoms. The van der Waals surface area contributed by atoms with Crippen molar-refractivity contribution in [1.82, 2.24) is 0 Å². The quantitative estimate of drug-likeness (QED) is 0.777. The standard InChI is InChI=1S/C15H14Br2FNO/c1-9(19)6-10-2-3-11(16)7-14(10)20-15-8-12(17)4-5-13(15)18/h2-5,7-9H,6,19H2,1H3. The van der Waals surface area contributed by atoms with Crippen LogP contribution >= 0.6 is 31.9 Å².